The maximum atomic E-state index is 9.13. The van der Waals surface area contributed by atoms with Crippen LogP contribution in [0.15, 0.2) is 0 Å². The Morgan fingerprint density at radius 2 is 2.25 bits per heavy atom. The average molecular weight is 244 g/mol. The third-order valence-corrected chi connectivity index (χ3v) is 3.66. The molecule has 0 fully saturated rings. The molecule has 0 bridgehead atoms. The van der Waals surface area contributed by atoms with E-state index < -0.39 is 0 Å². The van der Waals surface area contributed by atoms with Crippen molar-refractivity contribution in [3.63, 3.8) is 0 Å². The van der Waals surface area contributed by atoms with Crippen molar-refractivity contribution in [1.82, 2.24) is 5.32 Å². The van der Waals surface area contributed by atoms with Crippen LogP contribution in [0.2, 0.25) is 0 Å². The molecule has 3 nitrogen and oxygen atoms in total. The Balaban J connectivity index is 3.83. The maximum absolute atomic E-state index is 9.13. The first-order chi connectivity index (χ1) is 7.58. The van der Waals surface area contributed by atoms with Crippen LogP contribution in [0.1, 0.15) is 33.6 Å². The summed E-state index contributed by atoms with van der Waals surface area (Å²) >= 11 is 1.91. The van der Waals surface area contributed by atoms with Gasteiger partial charge in [-0.05, 0) is 32.1 Å². The number of rotatable bonds is 9. The van der Waals surface area contributed by atoms with Gasteiger partial charge in [-0.2, -0.15) is 17.0 Å². The second kappa shape index (κ2) is 8.86. The highest BCUT2D eigenvalue weighted by Crippen LogP contribution is 2.22. The standard InChI is InChI=1S/C12H24N2OS/c1-5-14-12(3,10-13)9-11(2)16-8-6-7-15-4/h11,14H,5-9H2,1-4H3. The van der Waals surface area contributed by atoms with Crippen LogP contribution in [-0.2, 0) is 4.74 Å². The van der Waals surface area contributed by atoms with Gasteiger partial charge in [0.2, 0.25) is 0 Å². The van der Waals surface area contributed by atoms with Crippen LogP contribution in [0.25, 0.3) is 0 Å². The van der Waals surface area contributed by atoms with Crippen LogP contribution in [0, 0.1) is 11.3 Å². The van der Waals surface area contributed by atoms with Crippen LogP contribution >= 0.6 is 11.8 Å². The van der Waals surface area contributed by atoms with E-state index >= 15 is 0 Å². The molecule has 0 amide bonds. The van der Waals surface area contributed by atoms with E-state index in [4.69, 9.17) is 10.00 Å². The number of nitrogens with one attached hydrogen (secondary N) is 1. The van der Waals surface area contributed by atoms with Gasteiger partial charge in [0.25, 0.3) is 0 Å². The quantitative estimate of drug-likeness (QED) is 0.633. The topological polar surface area (TPSA) is 45.0 Å². The Bertz CT molecular complexity index is 218. The summed E-state index contributed by atoms with van der Waals surface area (Å²) in [5.41, 5.74) is -0.386. The highest BCUT2D eigenvalue weighted by Gasteiger charge is 2.24. The lowest BCUT2D eigenvalue weighted by Crippen LogP contribution is -2.42. The third-order valence-electron chi connectivity index (χ3n) is 2.40. The first-order valence-electron chi connectivity index (χ1n) is 5.84. The second-order valence-electron chi connectivity index (χ2n) is 4.21. The number of nitriles is 1. The highest BCUT2D eigenvalue weighted by atomic mass is 32.2. The molecule has 0 aromatic rings. The van der Waals surface area contributed by atoms with Gasteiger partial charge in [0.15, 0.2) is 0 Å². The van der Waals surface area contributed by atoms with Gasteiger partial charge in [-0.25, -0.2) is 0 Å². The minimum absolute atomic E-state index is 0.386. The van der Waals surface area contributed by atoms with Gasteiger partial charge in [0.05, 0.1) is 6.07 Å². The molecule has 16 heavy (non-hydrogen) atoms. The Kier molecular flexibility index (Phi) is 8.73. The molecular formula is C12H24N2OS. The molecule has 4 heteroatoms. The molecule has 0 aliphatic carbocycles. The lowest BCUT2D eigenvalue weighted by atomic mass is 9.98. The lowest BCUT2D eigenvalue weighted by Gasteiger charge is -2.25. The number of hydrogen-bond acceptors (Lipinski definition) is 4. The van der Waals surface area contributed by atoms with Crippen LogP contribution in [-0.4, -0.2) is 36.8 Å². The van der Waals surface area contributed by atoms with E-state index in [0.29, 0.717) is 5.25 Å². The zero-order chi connectivity index (χ0) is 12.4. The van der Waals surface area contributed by atoms with Gasteiger partial charge in [0, 0.05) is 19.0 Å². The largest absolute Gasteiger partial charge is 0.385 e. The van der Waals surface area contributed by atoms with E-state index in [9.17, 15) is 0 Å². The summed E-state index contributed by atoms with van der Waals surface area (Å²) in [4.78, 5) is 0. The van der Waals surface area contributed by atoms with Crippen molar-refractivity contribution >= 4 is 11.8 Å². The summed E-state index contributed by atoms with van der Waals surface area (Å²) in [6.45, 7) is 7.85. The van der Waals surface area contributed by atoms with E-state index in [0.717, 1.165) is 31.7 Å². The van der Waals surface area contributed by atoms with Crippen LogP contribution in [0.3, 0.4) is 0 Å². The predicted octanol–water partition coefficient (Wildman–Crippen LogP) is 2.43. The zero-order valence-corrected chi connectivity index (χ0v) is 11.7. The van der Waals surface area contributed by atoms with Crippen molar-refractivity contribution < 1.29 is 4.74 Å². The fourth-order valence-corrected chi connectivity index (χ4v) is 2.81. The molecule has 1 N–H and O–H groups in total. The number of thioether (sulfide) groups is 1. The average Bonchev–Trinajstić information content (AvgIpc) is 2.25. The molecule has 0 heterocycles. The van der Waals surface area contributed by atoms with Crippen LogP contribution < -0.4 is 5.32 Å². The molecule has 0 rings (SSSR count). The van der Waals surface area contributed by atoms with E-state index in [1.807, 2.05) is 25.6 Å². The monoisotopic (exact) mass is 244 g/mol. The maximum Gasteiger partial charge on any atom is 0.104 e. The van der Waals surface area contributed by atoms with Crippen LogP contribution in [0.4, 0.5) is 0 Å². The first-order valence-corrected chi connectivity index (χ1v) is 6.89. The SMILES string of the molecule is CCNC(C)(C#N)CC(C)SCCCOC. The molecule has 0 aromatic carbocycles. The number of methoxy groups -OCH3 is 1. The fourth-order valence-electron chi connectivity index (χ4n) is 1.67. The van der Waals surface area contributed by atoms with E-state index in [-0.39, 0.29) is 5.54 Å². The van der Waals surface area contributed by atoms with Gasteiger partial charge >= 0.3 is 0 Å². The van der Waals surface area contributed by atoms with Gasteiger partial charge < -0.3 is 4.74 Å². The zero-order valence-electron chi connectivity index (χ0n) is 10.9. The molecule has 0 aromatic heterocycles. The molecule has 0 saturated heterocycles. The first kappa shape index (κ1) is 15.8. The van der Waals surface area contributed by atoms with Crippen LogP contribution in [0.5, 0.6) is 0 Å². The summed E-state index contributed by atoms with van der Waals surface area (Å²) in [6.07, 6.45) is 1.96. The van der Waals surface area contributed by atoms with Crippen molar-refractivity contribution in [2.75, 3.05) is 26.0 Å². The predicted molar refractivity (Wildman–Crippen MR) is 70.7 cm³/mol. The molecule has 0 aliphatic heterocycles. The Morgan fingerprint density at radius 1 is 1.56 bits per heavy atom. The summed E-state index contributed by atoms with van der Waals surface area (Å²) in [5.74, 6) is 1.10. The number of hydrogen-bond donors (Lipinski definition) is 1. The second-order valence-corrected chi connectivity index (χ2v) is 5.75. The molecule has 2 unspecified atom stereocenters. The molecular weight excluding hydrogens is 220 g/mol. The van der Waals surface area contributed by atoms with Crippen molar-refractivity contribution in [3.05, 3.63) is 0 Å². The minimum Gasteiger partial charge on any atom is -0.385 e. The molecule has 94 valence electrons. The number of nitrogens with zero attached hydrogens (tertiary/aromatic N) is 1. The Morgan fingerprint density at radius 3 is 2.75 bits per heavy atom. The van der Waals surface area contributed by atoms with Crippen molar-refractivity contribution in [1.29, 1.82) is 5.26 Å². The smallest absolute Gasteiger partial charge is 0.104 e. The van der Waals surface area contributed by atoms with Gasteiger partial charge in [-0.15, -0.1) is 0 Å². The van der Waals surface area contributed by atoms with Crippen molar-refractivity contribution in [3.8, 4) is 6.07 Å². The van der Waals surface area contributed by atoms with E-state index in [2.05, 4.69) is 18.3 Å². The highest BCUT2D eigenvalue weighted by molar-refractivity contribution is 7.99. The normalized spacial score (nSPS) is 16.4. The summed E-state index contributed by atoms with van der Waals surface area (Å²) in [5, 5.41) is 12.9. The number of ether oxygens (including phenoxy) is 1. The summed E-state index contributed by atoms with van der Waals surface area (Å²) in [6, 6.07) is 2.36. The third kappa shape index (κ3) is 7.10. The molecule has 0 aliphatic rings. The fraction of sp³-hybridized carbons (Fsp3) is 0.917. The molecule has 0 saturated carbocycles. The van der Waals surface area contributed by atoms with Gasteiger partial charge in [-0.1, -0.05) is 13.8 Å². The minimum atomic E-state index is -0.386. The Labute approximate surface area is 104 Å². The van der Waals surface area contributed by atoms with E-state index in [1.165, 1.54) is 0 Å². The molecule has 2 atom stereocenters. The lowest BCUT2D eigenvalue weighted by molar-refractivity contribution is 0.200. The summed E-state index contributed by atoms with van der Waals surface area (Å²) in [7, 11) is 1.73. The van der Waals surface area contributed by atoms with Crippen molar-refractivity contribution in [2.24, 2.45) is 0 Å². The molecule has 0 radical (unpaired) electrons. The van der Waals surface area contributed by atoms with Gasteiger partial charge in [-0.3, -0.25) is 5.32 Å². The van der Waals surface area contributed by atoms with Gasteiger partial charge in [0.1, 0.15) is 5.54 Å². The Hall–Kier alpha value is -0.240. The summed E-state index contributed by atoms with van der Waals surface area (Å²) < 4.78 is 5.01. The van der Waals surface area contributed by atoms with Crippen molar-refractivity contribution in [2.45, 2.75) is 44.4 Å². The molecule has 0 spiro atoms. The van der Waals surface area contributed by atoms with E-state index in [1.54, 1.807) is 7.11 Å².